The van der Waals surface area contributed by atoms with E-state index >= 15 is 0 Å². The summed E-state index contributed by atoms with van der Waals surface area (Å²) >= 11 is 0. The predicted molar refractivity (Wildman–Crippen MR) is 165 cm³/mol. The Labute approximate surface area is 253 Å². The van der Waals surface area contributed by atoms with Crippen LogP contribution in [-0.2, 0) is 26.2 Å². The number of para-hydroxylation sites is 2. The Kier molecular flexibility index (Phi) is 10.8. The van der Waals surface area contributed by atoms with E-state index < -0.39 is 34.3 Å². The molecule has 0 heterocycles. The van der Waals surface area contributed by atoms with Gasteiger partial charge in [-0.25, -0.2) is 12.8 Å². The number of amides is 2. The molecule has 1 fully saturated rings. The van der Waals surface area contributed by atoms with E-state index in [1.807, 2.05) is 6.92 Å². The van der Waals surface area contributed by atoms with E-state index in [-0.39, 0.29) is 47.0 Å². The van der Waals surface area contributed by atoms with Crippen molar-refractivity contribution in [2.75, 3.05) is 17.5 Å². The van der Waals surface area contributed by atoms with Crippen LogP contribution in [0.2, 0.25) is 0 Å². The third-order valence-electron chi connectivity index (χ3n) is 7.74. The van der Waals surface area contributed by atoms with E-state index in [1.165, 1.54) is 23.1 Å². The monoisotopic (exact) mass is 609 g/mol. The smallest absolute Gasteiger partial charge is 0.264 e. The summed E-state index contributed by atoms with van der Waals surface area (Å²) < 4.78 is 49.7. The minimum absolute atomic E-state index is 0.000875. The molecule has 1 aliphatic carbocycles. The number of nitrogens with zero attached hydrogens (tertiary/aromatic N) is 2. The van der Waals surface area contributed by atoms with Gasteiger partial charge in [0.1, 0.15) is 24.2 Å². The van der Waals surface area contributed by atoms with E-state index in [1.54, 1.807) is 68.4 Å². The summed E-state index contributed by atoms with van der Waals surface area (Å²) in [5.41, 5.74) is 1.28. The fourth-order valence-electron chi connectivity index (χ4n) is 5.25. The molecule has 0 aliphatic heterocycles. The highest BCUT2D eigenvalue weighted by molar-refractivity contribution is 7.92. The molecule has 0 unspecified atom stereocenters. The van der Waals surface area contributed by atoms with Crippen molar-refractivity contribution in [3.8, 4) is 5.75 Å². The molecule has 2 amide bonds. The van der Waals surface area contributed by atoms with Crippen LogP contribution in [0.15, 0.2) is 77.7 Å². The molecule has 3 aromatic carbocycles. The van der Waals surface area contributed by atoms with Crippen LogP contribution in [0.5, 0.6) is 5.75 Å². The third kappa shape index (κ3) is 7.93. The lowest BCUT2D eigenvalue weighted by Crippen LogP contribution is -2.53. The van der Waals surface area contributed by atoms with Crippen LogP contribution in [0, 0.1) is 12.7 Å². The maximum absolute atomic E-state index is 14.8. The SMILES string of the molecule is CCOc1ccccc1N(CC(=O)N(Cc1ccccc1F)[C@H](C)C(=O)NC1CCCCC1)S(=O)(=O)c1ccc(C)cc1. The van der Waals surface area contributed by atoms with Crippen molar-refractivity contribution < 1.29 is 27.1 Å². The highest BCUT2D eigenvalue weighted by Gasteiger charge is 2.34. The van der Waals surface area contributed by atoms with E-state index in [0.29, 0.717) is 0 Å². The number of hydrogen-bond donors (Lipinski definition) is 1. The first kappa shape index (κ1) is 32.0. The Morgan fingerprint density at radius 2 is 1.63 bits per heavy atom. The molecular formula is C33H40FN3O5S. The predicted octanol–water partition coefficient (Wildman–Crippen LogP) is 5.59. The van der Waals surface area contributed by atoms with Crippen molar-refractivity contribution >= 4 is 27.5 Å². The second-order valence-corrected chi connectivity index (χ2v) is 12.7. The lowest BCUT2D eigenvalue weighted by Gasteiger charge is -2.33. The van der Waals surface area contributed by atoms with Crippen molar-refractivity contribution in [3.05, 3.63) is 89.7 Å². The highest BCUT2D eigenvalue weighted by atomic mass is 32.2. The van der Waals surface area contributed by atoms with E-state index in [4.69, 9.17) is 4.74 Å². The molecule has 8 nitrogen and oxygen atoms in total. The quantitative estimate of drug-likeness (QED) is 0.289. The summed E-state index contributed by atoms with van der Waals surface area (Å²) in [6.07, 6.45) is 4.87. The van der Waals surface area contributed by atoms with Gasteiger partial charge < -0.3 is 15.0 Å². The Bertz CT molecular complexity index is 1510. The number of rotatable bonds is 12. The van der Waals surface area contributed by atoms with Crippen LogP contribution >= 0.6 is 0 Å². The molecule has 4 rings (SSSR count). The summed E-state index contributed by atoms with van der Waals surface area (Å²) in [7, 11) is -4.26. The van der Waals surface area contributed by atoms with Gasteiger partial charge in [-0.15, -0.1) is 0 Å². The first-order chi connectivity index (χ1) is 20.6. The number of anilines is 1. The first-order valence-corrected chi connectivity index (χ1v) is 16.2. The maximum Gasteiger partial charge on any atom is 0.264 e. The second kappa shape index (κ2) is 14.5. The lowest BCUT2D eigenvalue weighted by molar-refractivity contribution is -0.139. The van der Waals surface area contributed by atoms with Gasteiger partial charge in [-0.2, -0.15) is 0 Å². The van der Waals surface area contributed by atoms with Gasteiger partial charge in [-0.1, -0.05) is 67.3 Å². The fraction of sp³-hybridized carbons (Fsp3) is 0.394. The molecule has 1 aliphatic rings. The Hall–Kier alpha value is -3.92. The van der Waals surface area contributed by atoms with Crippen LogP contribution in [-0.4, -0.2) is 50.4 Å². The normalized spacial score (nSPS) is 14.5. The number of ether oxygens (including phenoxy) is 1. The van der Waals surface area contributed by atoms with E-state index in [0.717, 1.165) is 42.0 Å². The molecular weight excluding hydrogens is 569 g/mol. The van der Waals surface area contributed by atoms with Crippen molar-refractivity contribution in [2.45, 2.75) is 76.4 Å². The molecule has 43 heavy (non-hydrogen) atoms. The largest absolute Gasteiger partial charge is 0.492 e. The highest BCUT2D eigenvalue weighted by Crippen LogP contribution is 2.33. The van der Waals surface area contributed by atoms with Gasteiger partial charge in [0.2, 0.25) is 11.8 Å². The average Bonchev–Trinajstić information content (AvgIpc) is 3.00. The molecule has 0 spiro atoms. The number of benzene rings is 3. The van der Waals surface area contributed by atoms with Crippen LogP contribution in [0.3, 0.4) is 0 Å². The van der Waals surface area contributed by atoms with Gasteiger partial charge >= 0.3 is 0 Å². The number of carbonyl (C=O) groups is 2. The molecule has 1 N–H and O–H groups in total. The molecule has 10 heteroatoms. The number of nitrogens with one attached hydrogen (secondary N) is 1. The van der Waals surface area contributed by atoms with E-state index in [2.05, 4.69) is 5.32 Å². The number of aryl methyl sites for hydroxylation is 1. The molecule has 0 aromatic heterocycles. The standard InChI is InChI=1S/C33H40FN3O5S/c1-4-42-31-17-11-10-16-30(31)37(43(40,41)28-20-18-24(2)19-21-28)23-32(38)36(22-26-12-8-9-15-29(26)34)25(3)33(39)35-27-13-6-5-7-14-27/h8-12,15-21,25,27H,4-7,13-14,22-23H2,1-3H3,(H,35,39)/t25-/m1/s1. The maximum atomic E-state index is 14.8. The van der Waals surface area contributed by atoms with Crippen LogP contribution in [0.4, 0.5) is 10.1 Å². The molecule has 1 atom stereocenters. The number of halogens is 1. The van der Waals surface area contributed by atoms with Gasteiger partial charge in [0.25, 0.3) is 10.0 Å². The summed E-state index contributed by atoms with van der Waals surface area (Å²) in [6.45, 7) is 4.66. The third-order valence-corrected chi connectivity index (χ3v) is 9.51. The average molecular weight is 610 g/mol. The van der Waals surface area contributed by atoms with Gasteiger partial charge in [-0.05, 0) is 63.9 Å². The van der Waals surface area contributed by atoms with Gasteiger partial charge in [-0.3, -0.25) is 13.9 Å². The minimum atomic E-state index is -4.26. The molecule has 0 saturated heterocycles. The van der Waals surface area contributed by atoms with Crippen molar-refractivity contribution in [1.29, 1.82) is 0 Å². The molecule has 0 radical (unpaired) electrons. The van der Waals surface area contributed by atoms with Crippen molar-refractivity contribution in [2.24, 2.45) is 0 Å². The Balaban J connectivity index is 1.72. The minimum Gasteiger partial charge on any atom is -0.492 e. The molecule has 0 bridgehead atoms. The zero-order valence-corrected chi connectivity index (χ0v) is 25.8. The van der Waals surface area contributed by atoms with Crippen LogP contribution in [0.25, 0.3) is 0 Å². The zero-order valence-electron chi connectivity index (χ0n) is 25.0. The Morgan fingerprint density at radius 1 is 0.977 bits per heavy atom. The fourth-order valence-corrected chi connectivity index (χ4v) is 6.68. The number of hydrogen-bond acceptors (Lipinski definition) is 5. The summed E-state index contributed by atoms with van der Waals surface area (Å²) in [4.78, 5) is 28.8. The number of carbonyl (C=O) groups excluding carboxylic acids is 2. The second-order valence-electron chi connectivity index (χ2n) is 10.9. The van der Waals surface area contributed by atoms with Crippen LogP contribution < -0.4 is 14.4 Å². The van der Waals surface area contributed by atoms with Crippen molar-refractivity contribution in [1.82, 2.24) is 10.2 Å². The summed E-state index contributed by atoms with van der Waals surface area (Å²) in [5.74, 6) is -1.25. The van der Waals surface area contributed by atoms with Gasteiger partial charge in [0.05, 0.1) is 17.2 Å². The lowest BCUT2D eigenvalue weighted by atomic mass is 9.95. The summed E-state index contributed by atoms with van der Waals surface area (Å²) in [5, 5.41) is 3.05. The first-order valence-electron chi connectivity index (χ1n) is 14.8. The summed E-state index contributed by atoms with van der Waals surface area (Å²) in [6, 6.07) is 18.0. The van der Waals surface area contributed by atoms with Gasteiger partial charge in [0.15, 0.2) is 0 Å². The number of sulfonamides is 1. The Morgan fingerprint density at radius 3 is 2.30 bits per heavy atom. The molecule has 230 valence electrons. The molecule has 1 saturated carbocycles. The zero-order chi connectivity index (χ0) is 31.0. The van der Waals surface area contributed by atoms with Crippen molar-refractivity contribution in [3.63, 3.8) is 0 Å². The molecule has 3 aromatic rings. The van der Waals surface area contributed by atoms with E-state index in [9.17, 15) is 22.4 Å². The van der Waals surface area contributed by atoms with Crippen LogP contribution in [0.1, 0.15) is 57.1 Å². The topological polar surface area (TPSA) is 96.0 Å². The van der Waals surface area contributed by atoms with Gasteiger partial charge in [0, 0.05) is 18.2 Å².